The summed E-state index contributed by atoms with van der Waals surface area (Å²) < 4.78 is 5.06. The van der Waals surface area contributed by atoms with Crippen LogP contribution in [0.5, 0.6) is 0 Å². The lowest BCUT2D eigenvalue weighted by Crippen LogP contribution is -2.24. The Morgan fingerprint density at radius 3 is 2.74 bits per heavy atom. The normalized spacial score (nSPS) is 13.3. The number of esters is 1. The topological polar surface area (TPSA) is 102 Å². The summed E-state index contributed by atoms with van der Waals surface area (Å²) in [6.07, 6.45) is 0.628. The fourth-order valence-electron chi connectivity index (χ4n) is 2.58. The molecule has 3 rings (SSSR count). The van der Waals surface area contributed by atoms with Crippen molar-refractivity contribution in [2.75, 3.05) is 6.54 Å². The number of nitro groups is 1. The fourth-order valence-corrected chi connectivity index (χ4v) is 3.29. The molecule has 0 spiro atoms. The lowest BCUT2D eigenvalue weighted by atomic mass is 10.1. The van der Waals surface area contributed by atoms with Crippen LogP contribution in [0.3, 0.4) is 0 Å². The highest BCUT2D eigenvalue weighted by molar-refractivity contribution is 7.13. The van der Waals surface area contributed by atoms with E-state index in [0.29, 0.717) is 18.5 Å². The molecular weight excluding hydrogens is 370 g/mol. The Hall–Kier alpha value is -3.07. The van der Waals surface area contributed by atoms with Crippen molar-refractivity contribution in [2.45, 2.75) is 25.9 Å². The molecule has 27 heavy (non-hydrogen) atoms. The molecule has 0 bridgehead atoms. The Balaban J connectivity index is 1.44. The molecule has 2 heterocycles. The lowest BCUT2D eigenvalue weighted by molar-refractivity contribution is -0.380. The predicted molar refractivity (Wildman–Crippen MR) is 99.3 cm³/mol. The van der Waals surface area contributed by atoms with E-state index in [2.05, 4.69) is 5.10 Å². The van der Waals surface area contributed by atoms with Gasteiger partial charge in [0.05, 0.1) is 23.6 Å². The molecular formula is C18H17N3O5S. The molecule has 9 heteroatoms. The maximum atomic E-state index is 12.2. The van der Waals surface area contributed by atoms with Gasteiger partial charge in [-0.15, -0.1) is 0 Å². The minimum Gasteiger partial charge on any atom is -0.461 e. The van der Waals surface area contributed by atoms with Crippen LogP contribution < -0.4 is 0 Å². The van der Waals surface area contributed by atoms with Gasteiger partial charge in [0.1, 0.15) is 6.61 Å². The number of rotatable bonds is 7. The molecule has 0 fully saturated rings. The molecule has 0 saturated heterocycles. The third-order valence-corrected chi connectivity index (χ3v) is 4.89. The van der Waals surface area contributed by atoms with Crippen LogP contribution in [0.2, 0.25) is 0 Å². The van der Waals surface area contributed by atoms with Gasteiger partial charge in [-0.2, -0.15) is 5.10 Å². The van der Waals surface area contributed by atoms with Gasteiger partial charge < -0.3 is 4.74 Å². The van der Waals surface area contributed by atoms with Gasteiger partial charge in [-0.05, 0) is 5.56 Å². The van der Waals surface area contributed by atoms with E-state index in [0.717, 1.165) is 22.6 Å². The predicted octanol–water partition coefficient (Wildman–Crippen LogP) is 3.12. The van der Waals surface area contributed by atoms with E-state index >= 15 is 0 Å². The van der Waals surface area contributed by atoms with Crippen LogP contribution in [-0.2, 0) is 20.9 Å². The molecule has 0 radical (unpaired) electrons. The first-order chi connectivity index (χ1) is 13.0. The number of carbonyl (C=O) groups excluding carboxylic acids is 2. The van der Waals surface area contributed by atoms with Crippen molar-refractivity contribution in [3.05, 3.63) is 63.0 Å². The van der Waals surface area contributed by atoms with Crippen molar-refractivity contribution >= 4 is 33.9 Å². The van der Waals surface area contributed by atoms with Gasteiger partial charge in [0.15, 0.2) is 0 Å². The maximum absolute atomic E-state index is 12.2. The average Bonchev–Trinajstić information content (AvgIpc) is 3.35. The highest BCUT2D eigenvalue weighted by atomic mass is 32.1. The second kappa shape index (κ2) is 8.54. The molecule has 0 atom stereocenters. The van der Waals surface area contributed by atoms with Gasteiger partial charge in [-0.1, -0.05) is 41.7 Å². The first-order valence-electron chi connectivity index (χ1n) is 8.33. The average molecular weight is 387 g/mol. The largest absolute Gasteiger partial charge is 0.461 e. The number of hydrogen-bond donors (Lipinski definition) is 0. The molecule has 1 aliphatic rings. The van der Waals surface area contributed by atoms with Crippen molar-refractivity contribution in [3.8, 4) is 0 Å². The smallest absolute Gasteiger partial charge is 0.324 e. The van der Waals surface area contributed by atoms with E-state index in [1.165, 1.54) is 11.1 Å². The van der Waals surface area contributed by atoms with Crippen molar-refractivity contribution < 1.29 is 19.2 Å². The summed E-state index contributed by atoms with van der Waals surface area (Å²) in [5.74, 6) is -0.757. The van der Waals surface area contributed by atoms with E-state index in [1.54, 1.807) is 5.38 Å². The number of ether oxygens (including phenoxy) is 1. The third kappa shape index (κ3) is 4.98. The van der Waals surface area contributed by atoms with Gasteiger partial charge >= 0.3 is 11.0 Å². The Morgan fingerprint density at radius 1 is 1.26 bits per heavy atom. The van der Waals surface area contributed by atoms with E-state index in [1.807, 2.05) is 30.3 Å². The summed E-state index contributed by atoms with van der Waals surface area (Å²) in [4.78, 5) is 34.2. The molecule has 1 aromatic heterocycles. The van der Waals surface area contributed by atoms with Crippen LogP contribution >= 0.6 is 11.3 Å². The van der Waals surface area contributed by atoms with E-state index < -0.39 is 10.9 Å². The first kappa shape index (κ1) is 18.7. The molecule has 1 aromatic carbocycles. The minimum atomic E-state index is -0.524. The van der Waals surface area contributed by atoms with E-state index in [4.69, 9.17) is 4.74 Å². The molecule has 2 aromatic rings. The fraction of sp³-hybridized carbons (Fsp3) is 0.278. The number of nitrogens with zero attached hydrogens (tertiary/aromatic N) is 3. The zero-order valence-electron chi connectivity index (χ0n) is 14.4. The van der Waals surface area contributed by atoms with Gasteiger partial charge in [-0.25, -0.2) is 5.01 Å². The summed E-state index contributed by atoms with van der Waals surface area (Å²) in [5.41, 5.74) is 2.39. The SMILES string of the molecule is O=C(CCC(=O)N1CCC(c2ccccc2)=N1)OCc1csc([N+](=O)[O-])c1. The molecule has 0 N–H and O–H groups in total. The number of thiophene rings is 1. The molecule has 8 nitrogen and oxygen atoms in total. The second-order valence-electron chi connectivity index (χ2n) is 5.89. The number of amides is 1. The van der Waals surface area contributed by atoms with Gasteiger partial charge in [0.25, 0.3) is 0 Å². The number of benzene rings is 1. The molecule has 0 saturated carbocycles. The van der Waals surface area contributed by atoms with E-state index in [-0.39, 0.29) is 30.4 Å². The van der Waals surface area contributed by atoms with Crippen molar-refractivity contribution in [2.24, 2.45) is 5.10 Å². The minimum absolute atomic E-state index is 0.00246. The van der Waals surface area contributed by atoms with Crippen LogP contribution in [-0.4, -0.2) is 34.1 Å². The Kier molecular flexibility index (Phi) is 5.92. The zero-order chi connectivity index (χ0) is 19.2. The van der Waals surface area contributed by atoms with Crippen molar-refractivity contribution in [3.63, 3.8) is 0 Å². The zero-order valence-corrected chi connectivity index (χ0v) is 15.2. The summed E-state index contributed by atoms with van der Waals surface area (Å²) in [5, 5.41) is 17.9. The summed E-state index contributed by atoms with van der Waals surface area (Å²) >= 11 is 0.977. The van der Waals surface area contributed by atoms with Crippen molar-refractivity contribution in [1.82, 2.24) is 5.01 Å². The third-order valence-electron chi connectivity index (χ3n) is 3.96. The van der Waals surface area contributed by atoms with Gasteiger partial charge in [0.2, 0.25) is 5.91 Å². The number of hydrazone groups is 1. The molecule has 1 aliphatic heterocycles. The summed E-state index contributed by atoms with van der Waals surface area (Å²) in [7, 11) is 0. The molecule has 140 valence electrons. The number of hydrogen-bond acceptors (Lipinski definition) is 7. The maximum Gasteiger partial charge on any atom is 0.324 e. The van der Waals surface area contributed by atoms with Crippen LogP contribution in [0.15, 0.2) is 46.9 Å². The van der Waals surface area contributed by atoms with Crippen LogP contribution in [0.4, 0.5) is 5.00 Å². The highest BCUT2D eigenvalue weighted by Gasteiger charge is 2.22. The monoisotopic (exact) mass is 387 g/mol. The first-order valence-corrected chi connectivity index (χ1v) is 9.21. The summed E-state index contributed by atoms with van der Waals surface area (Å²) in [6, 6.07) is 11.0. The van der Waals surface area contributed by atoms with Crippen LogP contribution in [0, 0.1) is 10.1 Å². The molecule has 0 aliphatic carbocycles. The molecule has 0 unspecified atom stereocenters. The van der Waals surface area contributed by atoms with Crippen molar-refractivity contribution in [1.29, 1.82) is 0 Å². The Labute approximate surface area is 159 Å². The molecule has 1 amide bonds. The Bertz CT molecular complexity index is 878. The summed E-state index contributed by atoms with van der Waals surface area (Å²) in [6.45, 7) is 0.452. The quantitative estimate of drug-likeness (QED) is 0.413. The Morgan fingerprint density at radius 2 is 2.04 bits per heavy atom. The van der Waals surface area contributed by atoms with Gasteiger partial charge in [-0.3, -0.25) is 19.7 Å². The van der Waals surface area contributed by atoms with Crippen LogP contribution in [0.25, 0.3) is 0 Å². The van der Waals surface area contributed by atoms with E-state index in [9.17, 15) is 19.7 Å². The number of carbonyl (C=O) groups is 2. The highest BCUT2D eigenvalue weighted by Crippen LogP contribution is 2.23. The van der Waals surface area contributed by atoms with Crippen LogP contribution in [0.1, 0.15) is 30.4 Å². The second-order valence-corrected chi connectivity index (χ2v) is 6.78. The standard InChI is InChI=1S/C18H17N3O5S/c22-16(20-9-8-15(19-20)14-4-2-1-3-5-14)6-7-18(23)26-11-13-10-17(21(24)25)27-12-13/h1-5,10,12H,6-9,11H2. The van der Waals surface area contributed by atoms with Gasteiger partial charge in [0, 0.05) is 29.9 Å². The lowest BCUT2D eigenvalue weighted by Gasteiger charge is -2.10.